The lowest BCUT2D eigenvalue weighted by molar-refractivity contribution is 0.331. The Hall–Kier alpha value is -4.43. The maximum Gasteiger partial charge on any atom is 0.178 e. The Morgan fingerprint density at radius 2 is 1.84 bits per heavy atom. The molecule has 1 fully saturated rings. The van der Waals surface area contributed by atoms with Gasteiger partial charge in [-0.1, -0.05) is 12.1 Å². The lowest BCUT2D eigenvalue weighted by Gasteiger charge is -2.14. The van der Waals surface area contributed by atoms with Gasteiger partial charge >= 0.3 is 0 Å². The first-order valence-electron chi connectivity index (χ1n) is 12.9. The van der Waals surface area contributed by atoms with Crippen LogP contribution in [-0.2, 0) is 6.54 Å². The molecule has 0 aliphatic carbocycles. The molecule has 0 spiro atoms. The van der Waals surface area contributed by atoms with Gasteiger partial charge in [0.1, 0.15) is 11.5 Å². The quantitative estimate of drug-likeness (QED) is 0.289. The van der Waals surface area contributed by atoms with Crippen LogP contribution in [0.1, 0.15) is 24.0 Å². The molecule has 0 bridgehead atoms. The number of likely N-dealkylation sites (tertiary alicyclic amines) is 1. The summed E-state index contributed by atoms with van der Waals surface area (Å²) in [4.78, 5) is 19.6. The van der Waals surface area contributed by atoms with Crippen molar-refractivity contribution >= 4 is 22.1 Å². The highest BCUT2D eigenvalue weighted by Gasteiger charge is 2.17. The summed E-state index contributed by atoms with van der Waals surface area (Å²) in [5, 5.41) is 8.67. The van der Waals surface area contributed by atoms with Crippen molar-refractivity contribution < 1.29 is 4.39 Å². The Kier molecular flexibility index (Phi) is 5.47. The zero-order valence-electron chi connectivity index (χ0n) is 21.0. The van der Waals surface area contributed by atoms with Crippen LogP contribution in [-0.4, -0.2) is 48.1 Å². The number of aryl methyl sites for hydroxylation is 1. The Morgan fingerprint density at radius 3 is 2.71 bits per heavy atom. The molecule has 2 N–H and O–H groups in total. The van der Waals surface area contributed by atoms with Gasteiger partial charge in [0.15, 0.2) is 11.5 Å². The van der Waals surface area contributed by atoms with Crippen LogP contribution in [0.4, 0.5) is 4.39 Å². The number of fused-ring (bicyclic) bond motifs is 2. The van der Waals surface area contributed by atoms with Crippen molar-refractivity contribution in [2.24, 2.45) is 0 Å². The molecule has 1 aliphatic rings. The number of rotatable bonds is 5. The number of hydrogen-bond acceptors (Lipinski definition) is 5. The summed E-state index contributed by atoms with van der Waals surface area (Å²) in [5.74, 6) is 0.340. The van der Waals surface area contributed by atoms with E-state index in [1.54, 1.807) is 6.20 Å². The fourth-order valence-electron chi connectivity index (χ4n) is 5.46. The SMILES string of the molecule is Cc1cc(F)cc(-c2ccnc3nc(-c4n[nH]c5ccc(-c6cncc(CN7CCCC7)c6)cc45)[nH]c23)c1. The molecule has 188 valence electrons. The Labute approximate surface area is 218 Å². The average molecular weight is 504 g/mol. The smallest absolute Gasteiger partial charge is 0.178 e. The highest BCUT2D eigenvalue weighted by atomic mass is 19.1. The number of halogens is 1. The van der Waals surface area contributed by atoms with Gasteiger partial charge < -0.3 is 4.98 Å². The summed E-state index contributed by atoms with van der Waals surface area (Å²) >= 11 is 0. The summed E-state index contributed by atoms with van der Waals surface area (Å²) in [6.45, 7) is 5.12. The van der Waals surface area contributed by atoms with E-state index >= 15 is 0 Å². The number of aromatic nitrogens is 6. The summed E-state index contributed by atoms with van der Waals surface area (Å²) in [7, 11) is 0. The Bertz CT molecular complexity index is 1780. The fourth-order valence-corrected chi connectivity index (χ4v) is 5.46. The molecule has 38 heavy (non-hydrogen) atoms. The van der Waals surface area contributed by atoms with E-state index in [1.807, 2.05) is 37.5 Å². The van der Waals surface area contributed by atoms with Gasteiger partial charge in [-0.05, 0) is 91.5 Å². The van der Waals surface area contributed by atoms with Gasteiger partial charge in [0, 0.05) is 41.6 Å². The molecule has 1 aliphatic heterocycles. The normalized spacial score (nSPS) is 14.2. The zero-order valence-corrected chi connectivity index (χ0v) is 21.0. The number of nitrogens with zero attached hydrogens (tertiary/aromatic N) is 5. The zero-order chi connectivity index (χ0) is 25.6. The van der Waals surface area contributed by atoms with Crippen LogP contribution in [0.5, 0.6) is 0 Å². The van der Waals surface area contributed by atoms with Crippen molar-refractivity contribution in [3.63, 3.8) is 0 Å². The van der Waals surface area contributed by atoms with Crippen molar-refractivity contribution in [3.05, 3.63) is 84.1 Å². The first kappa shape index (κ1) is 22.7. The molecule has 6 aromatic rings. The van der Waals surface area contributed by atoms with Gasteiger partial charge in [-0.3, -0.25) is 15.0 Å². The second-order valence-corrected chi connectivity index (χ2v) is 10.1. The molecule has 7 rings (SSSR count). The van der Waals surface area contributed by atoms with Crippen LogP contribution in [0, 0.1) is 12.7 Å². The van der Waals surface area contributed by atoms with E-state index < -0.39 is 0 Å². The van der Waals surface area contributed by atoms with Gasteiger partial charge in [0.2, 0.25) is 0 Å². The van der Waals surface area contributed by atoms with E-state index in [0.717, 1.165) is 63.9 Å². The molecule has 7 nitrogen and oxygen atoms in total. The van der Waals surface area contributed by atoms with E-state index in [4.69, 9.17) is 4.98 Å². The fraction of sp³-hybridized carbons (Fsp3) is 0.200. The number of pyridine rings is 2. The molecule has 4 aromatic heterocycles. The minimum absolute atomic E-state index is 0.269. The second-order valence-electron chi connectivity index (χ2n) is 10.1. The number of hydrogen-bond donors (Lipinski definition) is 2. The van der Waals surface area contributed by atoms with E-state index in [-0.39, 0.29) is 5.82 Å². The van der Waals surface area contributed by atoms with Crippen LogP contribution in [0.15, 0.2) is 67.1 Å². The number of H-pyrrole nitrogens is 2. The third-order valence-electron chi connectivity index (χ3n) is 7.27. The highest BCUT2D eigenvalue weighted by molar-refractivity contribution is 5.97. The summed E-state index contributed by atoms with van der Waals surface area (Å²) in [6.07, 6.45) is 8.11. The largest absolute Gasteiger partial charge is 0.335 e. The van der Waals surface area contributed by atoms with Crippen LogP contribution in [0.2, 0.25) is 0 Å². The summed E-state index contributed by atoms with van der Waals surface area (Å²) in [6, 6.07) is 15.4. The Balaban J connectivity index is 1.28. The molecule has 0 amide bonds. The monoisotopic (exact) mass is 503 g/mol. The van der Waals surface area contributed by atoms with Crippen molar-refractivity contribution in [1.82, 2.24) is 35.0 Å². The van der Waals surface area contributed by atoms with E-state index in [0.29, 0.717) is 17.2 Å². The van der Waals surface area contributed by atoms with Gasteiger partial charge in [0.25, 0.3) is 0 Å². The first-order valence-corrected chi connectivity index (χ1v) is 12.9. The molecule has 8 heteroatoms. The first-order chi connectivity index (χ1) is 18.6. The maximum absolute atomic E-state index is 14.2. The molecule has 5 heterocycles. The maximum atomic E-state index is 14.2. The van der Waals surface area contributed by atoms with Crippen molar-refractivity contribution in [1.29, 1.82) is 0 Å². The molecular weight excluding hydrogens is 477 g/mol. The molecule has 1 saturated heterocycles. The number of benzene rings is 2. The van der Waals surface area contributed by atoms with Gasteiger partial charge in [-0.15, -0.1) is 0 Å². The number of aromatic amines is 2. The van der Waals surface area contributed by atoms with Crippen LogP contribution < -0.4 is 0 Å². The van der Waals surface area contributed by atoms with Crippen LogP contribution >= 0.6 is 0 Å². The van der Waals surface area contributed by atoms with Crippen LogP contribution in [0.3, 0.4) is 0 Å². The third-order valence-corrected chi connectivity index (χ3v) is 7.27. The van der Waals surface area contributed by atoms with Gasteiger partial charge in [-0.2, -0.15) is 5.10 Å². The average Bonchev–Trinajstić information content (AvgIpc) is 3.67. The minimum atomic E-state index is -0.269. The van der Waals surface area contributed by atoms with Crippen LogP contribution in [0.25, 0.3) is 55.8 Å². The van der Waals surface area contributed by atoms with Crippen molar-refractivity contribution in [2.75, 3.05) is 13.1 Å². The lowest BCUT2D eigenvalue weighted by Crippen LogP contribution is -2.18. The van der Waals surface area contributed by atoms with Gasteiger partial charge in [-0.25, -0.2) is 14.4 Å². The lowest BCUT2D eigenvalue weighted by atomic mass is 10.0. The molecule has 0 radical (unpaired) electrons. The predicted octanol–water partition coefficient (Wildman–Crippen LogP) is 6.27. The van der Waals surface area contributed by atoms with E-state index in [2.05, 4.69) is 48.2 Å². The summed E-state index contributed by atoms with van der Waals surface area (Å²) in [5.41, 5.74) is 8.78. The topological polar surface area (TPSA) is 86.4 Å². The standard InChI is InChI=1S/C30H26FN7/c1-18-10-21(13-23(31)11-18)24-6-7-33-29-27(24)34-30(35-29)28-25-14-20(4-5-26(25)36-37-28)22-12-19(15-32-16-22)17-38-8-2-3-9-38/h4-7,10-16H,2-3,8-9,17H2,1H3,(H,36,37)(H,33,34,35). The van der Waals surface area contributed by atoms with Crippen molar-refractivity contribution in [2.45, 2.75) is 26.3 Å². The van der Waals surface area contributed by atoms with E-state index in [1.165, 1.54) is 30.5 Å². The highest BCUT2D eigenvalue weighted by Crippen LogP contribution is 2.33. The van der Waals surface area contributed by atoms with Crippen molar-refractivity contribution in [3.8, 4) is 33.8 Å². The summed E-state index contributed by atoms with van der Waals surface area (Å²) < 4.78 is 14.2. The van der Waals surface area contributed by atoms with Gasteiger partial charge in [0.05, 0.1) is 11.0 Å². The Morgan fingerprint density at radius 1 is 0.947 bits per heavy atom. The molecule has 2 aromatic carbocycles. The molecule has 0 unspecified atom stereocenters. The van der Waals surface area contributed by atoms with E-state index in [9.17, 15) is 4.39 Å². The third kappa shape index (κ3) is 4.13. The number of nitrogens with one attached hydrogen (secondary N) is 2. The minimum Gasteiger partial charge on any atom is -0.335 e. The molecular formula is C30H26FN7. The molecule has 0 saturated carbocycles. The molecule has 0 atom stereocenters. The predicted molar refractivity (Wildman–Crippen MR) is 147 cm³/mol. The number of imidazole rings is 1. The second kappa shape index (κ2) is 9.15.